The van der Waals surface area contributed by atoms with Crippen LogP contribution in [0, 0.1) is 0 Å². The quantitative estimate of drug-likeness (QED) is 0.202. The van der Waals surface area contributed by atoms with E-state index in [9.17, 15) is 0 Å². The normalized spacial score (nSPS) is 16.9. The van der Waals surface area contributed by atoms with Gasteiger partial charge in [-0.05, 0) is 106 Å². The van der Waals surface area contributed by atoms with Crippen molar-refractivity contribution in [2.75, 3.05) is 11.4 Å². The predicted octanol–water partition coefficient (Wildman–Crippen LogP) is 11.4. The van der Waals surface area contributed by atoms with E-state index in [1.54, 1.807) is 12.7 Å². The fourth-order valence-electron chi connectivity index (χ4n) is 7.46. The van der Waals surface area contributed by atoms with Gasteiger partial charge in [-0.25, -0.2) is 9.98 Å². The Morgan fingerprint density at radius 3 is 1.79 bits per heavy atom. The molecule has 0 fully saturated rings. The van der Waals surface area contributed by atoms with E-state index < -0.39 is 0 Å². The van der Waals surface area contributed by atoms with E-state index >= 15 is 0 Å². The first kappa shape index (κ1) is 29.9. The first-order valence-electron chi connectivity index (χ1n) is 17.4. The summed E-state index contributed by atoms with van der Waals surface area (Å²) in [4.78, 5) is 11.0. The van der Waals surface area contributed by atoms with Gasteiger partial charge in [0.1, 0.15) is 28.7 Å². The Balaban J connectivity index is 1.16. The maximum Gasteiger partial charge on any atom is 0.199 e. The van der Waals surface area contributed by atoms with Crippen molar-refractivity contribution in [1.82, 2.24) is 5.32 Å². The zero-order valence-electron chi connectivity index (χ0n) is 28.2. The average Bonchev–Trinajstić information content (AvgIpc) is 3.78. The van der Waals surface area contributed by atoms with E-state index in [-0.39, 0.29) is 6.29 Å². The van der Waals surface area contributed by atoms with Crippen molar-refractivity contribution in [2.24, 2.45) is 9.98 Å². The number of furan rings is 2. The largest absolute Gasteiger partial charge is 0.456 e. The highest BCUT2D eigenvalue weighted by atomic mass is 16.3. The molecule has 6 aromatic carbocycles. The second kappa shape index (κ2) is 12.1. The minimum Gasteiger partial charge on any atom is -0.456 e. The maximum atomic E-state index is 6.19. The van der Waals surface area contributed by atoms with E-state index in [4.69, 9.17) is 8.83 Å². The summed E-state index contributed by atoms with van der Waals surface area (Å²) in [5, 5.41) is 7.72. The van der Waals surface area contributed by atoms with Gasteiger partial charge in [0.25, 0.3) is 0 Å². The molecule has 6 nitrogen and oxygen atoms in total. The number of nitrogens with zero attached hydrogens (tertiary/aromatic N) is 3. The molecule has 4 heterocycles. The van der Waals surface area contributed by atoms with Crippen LogP contribution in [0.1, 0.15) is 5.56 Å². The molecular formula is C46H32N4O2. The molecule has 2 aliphatic rings. The molecule has 0 radical (unpaired) electrons. The van der Waals surface area contributed by atoms with Crippen LogP contribution in [0.2, 0.25) is 0 Å². The molecule has 1 N–H and O–H groups in total. The molecule has 1 unspecified atom stereocenters. The Kier molecular flexibility index (Phi) is 6.99. The van der Waals surface area contributed by atoms with Gasteiger partial charge < -0.3 is 19.1 Å². The van der Waals surface area contributed by atoms with Gasteiger partial charge in [-0.15, -0.1) is 0 Å². The molecule has 248 valence electrons. The Hall–Kier alpha value is -6.92. The minimum absolute atomic E-state index is 0.282. The SMILES string of the molecule is C=C1/C=C\C=C/CN(C2N=CN=CN2)c2ccc(-c3cc(-c4ccc5oc6ccccc6c5c4)cc(-c4ccc5oc6ccccc6c5c4)c3)cc21. The number of para-hydroxylation sites is 2. The smallest absolute Gasteiger partial charge is 0.199 e. The lowest BCUT2D eigenvalue weighted by molar-refractivity contribution is 0.606. The third-order valence-corrected chi connectivity index (χ3v) is 10.1. The molecular weight excluding hydrogens is 641 g/mol. The van der Waals surface area contributed by atoms with Crippen LogP contribution in [0.3, 0.4) is 0 Å². The average molecular weight is 673 g/mol. The molecule has 6 heteroatoms. The van der Waals surface area contributed by atoms with Crippen LogP contribution in [-0.2, 0) is 0 Å². The number of nitrogens with one attached hydrogen (secondary N) is 1. The molecule has 2 aliphatic heterocycles. The zero-order chi connectivity index (χ0) is 34.6. The highest BCUT2D eigenvalue weighted by molar-refractivity contribution is 6.08. The van der Waals surface area contributed by atoms with Crippen molar-refractivity contribution in [1.29, 1.82) is 0 Å². The summed E-state index contributed by atoms with van der Waals surface area (Å²) in [5.74, 6) is 0. The number of hydrogen-bond donors (Lipinski definition) is 1. The lowest BCUT2D eigenvalue weighted by Crippen LogP contribution is -2.46. The number of benzene rings is 6. The fraction of sp³-hybridized carbons (Fsp3) is 0.0435. The Morgan fingerprint density at radius 1 is 0.596 bits per heavy atom. The monoisotopic (exact) mass is 672 g/mol. The summed E-state index contributed by atoms with van der Waals surface area (Å²) < 4.78 is 12.4. The van der Waals surface area contributed by atoms with Gasteiger partial charge in [-0.1, -0.05) is 85.5 Å². The highest BCUT2D eigenvalue weighted by Crippen LogP contribution is 2.40. The topological polar surface area (TPSA) is 66.3 Å². The van der Waals surface area contributed by atoms with Crippen LogP contribution in [0.4, 0.5) is 5.69 Å². The van der Waals surface area contributed by atoms with Crippen LogP contribution in [0.15, 0.2) is 171 Å². The van der Waals surface area contributed by atoms with Gasteiger partial charge >= 0.3 is 0 Å². The van der Waals surface area contributed by atoms with Crippen LogP contribution in [0.25, 0.3) is 82.8 Å². The van der Waals surface area contributed by atoms with Crippen molar-refractivity contribution in [3.8, 4) is 33.4 Å². The number of hydrogen-bond acceptors (Lipinski definition) is 6. The summed E-state index contributed by atoms with van der Waals surface area (Å²) in [5.41, 5.74) is 13.2. The van der Waals surface area contributed by atoms with E-state index in [0.717, 1.165) is 94.1 Å². The first-order valence-corrected chi connectivity index (χ1v) is 17.4. The summed E-state index contributed by atoms with van der Waals surface area (Å²) in [7, 11) is 0. The predicted molar refractivity (Wildman–Crippen MR) is 216 cm³/mol. The Labute approximate surface area is 300 Å². The van der Waals surface area contributed by atoms with Crippen LogP contribution >= 0.6 is 0 Å². The summed E-state index contributed by atoms with van der Waals surface area (Å²) in [6, 6.07) is 42.9. The molecule has 0 saturated heterocycles. The number of aliphatic imine (C=N–C) groups is 2. The Morgan fingerprint density at radius 2 is 1.17 bits per heavy atom. The highest BCUT2D eigenvalue weighted by Gasteiger charge is 2.22. The molecule has 0 aliphatic carbocycles. The van der Waals surface area contributed by atoms with Crippen molar-refractivity contribution in [3.05, 3.63) is 158 Å². The third-order valence-electron chi connectivity index (χ3n) is 10.1. The summed E-state index contributed by atoms with van der Waals surface area (Å²) in [6.07, 6.45) is 11.3. The van der Waals surface area contributed by atoms with Gasteiger partial charge in [0.2, 0.25) is 0 Å². The molecule has 8 aromatic rings. The first-order chi connectivity index (χ1) is 25.7. The van der Waals surface area contributed by atoms with Crippen LogP contribution in [-0.4, -0.2) is 25.5 Å². The summed E-state index contributed by atoms with van der Waals surface area (Å²) >= 11 is 0. The van der Waals surface area contributed by atoms with Crippen LogP contribution < -0.4 is 10.2 Å². The fourth-order valence-corrected chi connectivity index (χ4v) is 7.46. The van der Waals surface area contributed by atoms with E-state index in [1.807, 2.05) is 30.3 Å². The number of rotatable bonds is 4. The molecule has 2 aromatic heterocycles. The zero-order valence-corrected chi connectivity index (χ0v) is 28.2. The van der Waals surface area contributed by atoms with Crippen molar-refractivity contribution >= 4 is 67.8 Å². The van der Waals surface area contributed by atoms with Crippen molar-refractivity contribution < 1.29 is 8.83 Å². The number of allylic oxidation sites excluding steroid dienone is 4. The molecule has 1 atom stereocenters. The van der Waals surface area contributed by atoms with Gasteiger partial charge in [0.15, 0.2) is 6.29 Å². The minimum atomic E-state index is -0.282. The molecule has 0 saturated carbocycles. The third kappa shape index (κ3) is 5.12. The lowest BCUT2D eigenvalue weighted by Gasteiger charge is -2.32. The second-order valence-electron chi connectivity index (χ2n) is 13.2. The van der Waals surface area contributed by atoms with Gasteiger partial charge in [-0.3, -0.25) is 0 Å². The Bertz CT molecular complexity index is 2720. The van der Waals surface area contributed by atoms with Crippen molar-refractivity contribution in [2.45, 2.75) is 6.29 Å². The lowest BCUT2D eigenvalue weighted by atomic mass is 9.91. The maximum absolute atomic E-state index is 6.19. The standard InChI is InChI=1S/C46H32N4O2/c1-29-9-3-2-8-20-50(46-48-27-47-28-49-46)41-17-14-30(24-38(29)41)33-21-34(31-15-18-44-39(25-31)36-10-4-6-12-42(36)51-44)23-35(22-33)32-16-19-45-40(26-32)37-11-5-7-13-43(37)52-45/h2-19,21-28,46H,1,20H2,(H,47,48,49)/b8-2-,9-3-. The molecule has 10 rings (SSSR count). The summed E-state index contributed by atoms with van der Waals surface area (Å²) in [6.45, 7) is 5.16. The molecule has 52 heavy (non-hydrogen) atoms. The van der Waals surface area contributed by atoms with E-state index in [1.165, 1.54) is 0 Å². The van der Waals surface area contributed by atoms with Crippen LogP contribution in [0.5, 0.6) is 0 Å². The van der Waals surface area contributed by atoms with Gasteiger partial charge in [0.05, 0.1) is 6.34 Å². The van der Waals surface area contributed by atoms with Crippen molar-refractivity contribution in [3.63, 3.8) is 0 Å². The molecule has 0 bridgehead atoms. The van der Waals surface area contributed by atoms with E-state index in [0.29, 0.717) is 6.54 Å². The molecule has 0 amide bonds. The van der Waals surface area contributed by atoms with Gasteiger partial charge in [-0.2, -0.15) is 0 Å². The number of fused-ring (bicyclic) bond motifs is 7. The number of anilines is 1. The van der Waals surface area contributed by atoms with E-state index in [2.05, 4.69) is 142 Å². The van der Waals surface area contributed by atoms with Gasteiger partial charge in [0, 0.05) is 39.3 Å². The molecule has 0 spiro atoms. The second-order valence-corrected chi connectivity index (χ2v) is 13.2.